The fraction of sp³-hybridized carbons (Fsp3) is 0.235. The highest BCUT2D eigenvalue weighted by Gasteiger charge is 2.20. The Morgan fingerprint density at radius 3 is 2.44 bits per heavy atom. The Balaban J connectivity index is 2.07. The lowest BCUT2D eigenvalue weighted by atomic mass is 10.1. The Morgan fingerprint density at radius 2 is 1.76 bits per heavy atom. The lowest BCUT2D eigenvalue weighted by Crippen LogP contribution is -2.07. The molecule has 0 aliphatic carbocycles. The highest BCUT2D eigenvalue weighted by Crippen LogP contribution is 2.32. The van der Waals surface area contributed by atoms with E-state index in [1.165, 1.54) is 10.7 Å². The van der Waals surface area contributed by atoms with E-state index in [2.05, 4.69) is 20.8 Å². The lowest BCUT2D eigenvalue weighted by molar-refractivity contribution is -0.384. The van der Waals surface area contributed by atoms with E-state index >= 15 is 0 Å². The zero-order valence-corrected chi connectivity index (χ0v) is 14.4. The minimum atomic E-state index is -0.409. The number of nitro benzene ring substituents is 1. The second-order valence-corrected chi connectivity index (χ2v) is 6.06. The van der Waals surface area contributed by atoms with E-state index in [4.69, 9.17) is 0 Å². The number of hydrogen-bond donors (Lipinski definition) is 1. The summed E-state index contributed by atoms with van der Waals surface area (Å²) < 4.78 is 1.54. The summed E-state index contributed by atoms with van der Waals surface area (Å²) in [4.78, 5) is 11.0. The van der Waals surface area contributed by atoms with Crippen molar-refractivity contribution >= 4 is 17.3 Å². The molecule has 0 unspecified atom stereocenters. The SMILES string of the molecule is Cc1ccc(-n2nnnc2Nc2c(C)cc(C)cc2[N+](=O)[O-])c(C)c1. The van der Waals surface area contributed by atoms with Gasteiger partial charge in [0.15, 0.2) is 0 Å². The van der Waals surface area contributed by atoms with Crippen molar-refractivity contribution in [2.75, 3.05) is 5.32 Å². The van der Waals surface area contributed by atoms with Crippen molar-refractivity contribution in [1.29, 1.82) is 0 Å². The number of aromatic nitrogens is 4. The predicted molar refractivity (Wildman–Crippen MR) is 94.5 cm³/mol. The number of aryl methyl sites for hydroxylation is 4. The van der Waals surface area contributed by atoms with Crippen LogP contribution < -0.4 is 5.32 Å². The number of rotatable bonds is 4. The van der Waals surface area contributed by atoms with Crippen LogP contribution in [0.4, 0.5) is 17.3 Å². The maximum Gasteiger partial charge on any atom is 0.293 e. The molecule has 0 saturated carbocycles. The van der Waals surface area contributed by atoms with Crippen molar-refractivity contribution in [3.8, 4) is 5.69 Å². The molecule has 3 rings (SSSR count). The minimum Gasteiger partial charge on any atom is -0.317 e. The normalized spacial score (nSPS) is 10.7. The number of tetrazole rings is 1. The molecule has 8 nitrogen and oxygen atoms in total. The van der Waals surface area contributed by atoms with Gasteiger partial charge in [-0.2, -0.15) is 4.68 Å². The zero-order valence-electron chi connectivity index (χ0n) is 14.4. The van der Waals surface area contributed by atoms with Gasteiger partial charge in [-0.25, -0.2) is 0 Å². The first-order valence-corrected chi connectivity index (χ1v) is 7.75. The van der Waals surface area contributed by atoms with Gasteiger partial charge in [-0.05, 0) is 60.9 Å². The summed E-state index contributed by atoms with van der Waals surface area (Å²) in [6, 6.07) is 9.32. The minimum absolute atomic E-state index is 0.00678. The highest BCUT2D eigenvalue weighted by molar-refractivity contribution is 5.72. The zero-order chi connectivity index (χ0) is 18.1. The summed E-state index contributed by atoms with van der Waals surface area (Å²) in [5.74, 6) is 0.321. The first kappa shape index (κ1) is 16.6. The molecule has 0 atom stereocenters. The van der Waals surface area contributed by atoms with Crippen LogP contribution in [0.1, 0.15) is 22.3 Å². The van der Waals surface area contributed by atoms with Crippen molar-refractivity contribution in [1.82, 2.24) is 20.2 Å². The van der Waals surface area contributed by atoms with E-state index in [-0.39, 0.29) is 5.69 Å². The Bertz CT molecular complexity index is 964. The molecule has 1 N–H and O–H groups in total. The van der Waals surface area contributed by atoms with Crippen molar-refractivity contribution in [2.24, 2.45) is 0 Å². The van der Waals surface area contributed by atoms with Crippen LogP contribution in [0.5, 0.6) is 0 Å². The number of nitro groups is 1. The van der Waals surface area contributed by atoms with Crippen LogP contribution in [0.25, 0.3) is 5.69 Å². The topological polar surface area (TPSA) is 98.8 Å². The molecule has 8 heteroatoms. The number of nitrogens with one attached hydrogen (secondary N) is 1. The summed E-state index contributed by atoms with van der Waals surface area (Å²) in [5.41, 5.74) is 4.90. The number of hydrogen-bond acceptors (Lipinski definition) is 6. The van der Waals surface area contributed by atoms with Crippen LogP contribution in [-0.2, 0) is 0 Å². The van der Waals surface area contributed by atoms with Gasteiger partial charge < -0.3 is 5.32 Å². The smallest absolute Gasteiger partial charge is 0.293 e. The average molecular weight is 338 g/mol. The molecule has 0 saturated heterocycles. The van der Waals surface area contributed by atoms with Crippen LogP contribution >= 0.6 is 0 Å². The summed E-state index contributed by atoms with van der Waals surface area (Å²) in [6.07, 6.45) is 0. The fourth-order valence-electron chi connectivity index (χ4n) is 2.83. The second kappa shape index (κ2) is 6.31. The summed E-state index contributed by atoms with van der Waals surface area (Å²) in [6.45, 7) is 7.61. The molecular formula is C17H18N6O2. The lowest BCUT2D eigenvalue weighted by Gasteiger charge is -2.12. The van der Waals surface area contributed by atoms with Crippen LogP contribution in [0.15, 0.2) is 30.3 Å². The van der Waals surface area contributed by atoms with Crippen molar-refractivity contribution in [3.05, 3.63) is 62.7 Å². The monoisotopic (exact) mass is 338 g/mol. The van der Waals surface area contributed by atoms with Crippen LogP contribution in [0, 0.1) is 37.8 Å². The van der Waals surface area contributed by atoms with Gasteiger partial charge in [0, 0.05) is 6.07 Å². The molecule has 0 aliphatic heterocycles. The van der Waals surface area contributed by atoms with E-state index in [0.29, 0.717) is 11.6 Å². The van der Waals surface area contributed by atoms with Gasteiger partial charge in [0.05, 0.1) is 10.6 Å². The van der Waals surface area contributed by atoms with E-state index in [0.717, 1.165) is 27.9 Å². The number of benzene rings is 2. The standard InChI is InChI=1S/C17H18N6O2/c1-10-5-6-14(12(3)7-10)22-17(19-20-21-22)18-16-13(4)8-11(2)9-15(16)23(24)25/h5-9H,1-4H3,(H,18,19,21). The summed E-state index contributed by atoms with van der Waals surface area (Å²) >= 11 is 0. The molecule has 0 radical (unpaired) electrons. The first-order chi connectivity index (χ1) is 11.9. The molecule has 1 aromatic heterocycles. The van der Waals surface area contributed by atoms with Gasteiger partial charge in [0.25, 0.3) is 11.6 Å². The van der Waals surface area contributed by atoms with Crippen LogP contribution in [0.2, 0.25) is 0 Å². The van der Waals surface area contributed by atoms with Crippen LogP contribution in [-0.4, -0.2) is 25.1 Å². The van der Waals surface area contributed by atoms with Gasteiger partial charge in [0.1, 0.15) is 5.69 Å². The first-order valence-electron chi connectivity index (χ1n) is 7.75. The van der Waals surface area contributed by atoms with Crippen LogP contribution in [0.3, 0.4) is 0 Å². The van der Waals surface area contributed by atoms with Gasteiger partial charge >= 0.3 is 0 Å². The largest absolute Gasteiger partial charge is 0.317 e. The maximum atomic E-state index is 11.4. The summed E-state index contributed by atoms with van der Waals surface area (Å²) in [7, 11) is 0. The number of nitrogens with zero attached hydrogens (tertiary/aromatic N) is 5. The molecule has 0 fully saturated rings. The van der Waals surface area contributed by atoms with Crippen molar-refractivity contribution < 1.29 is 4.92 Å². The van der Waals surface area contributed by atoms with Gasteiger partial charge in [0.2, 0.25) is 0 Å². The van der Waals surface area contributed by atoms with Gasteiger partial charge in [-0.3, -0.25) is 10.1 Å². The molecule has 0 bridgehead atoms. The van der Waals surface area contributed by atoms with Gasteiger partial charge in [-0.1, -0.05) is 28.9 Å². The quantitative estimate of drug-likeness (QED) is 0.577. The third-order valence-electron chi connectivity index (χ3n) is 3.94. The Morgan fingerprint density at radius 1 is 1.04 bits per heavy atom. The van der Waals surface area contributed by atoms with Crippen molar-refractivity contribution in [3.63, 3.8) is 0 Å². The maximum absolute atomic E-state index is 11.4. The van der Waals surface area contributed by atoms with E-state index in [1.807, 2.05) is 52.0 Å². The van der Waals surface area contributed by atoms with E-state index < -0.39 is 4.92 Å². The Labute approximate surface area is 144 Å². The van der Waals surface area contributed by atoms with Gasteiger partial charge in [-0.15, -0.1) is 0 Å². The van der Waals surface area contributed by atoms with E-state index in [1.54, 1.807) is 0 Å². The molecule has 25 heavy (non-hydrogen) atoms. The second-order valence-electron chi connectivity index (χ2n) is 6.06. The molecule has 128 valence electrons. The highest BCUT2D eigenvalue weighted by atomic mass is 16.6. The molecule has 0 spiro atoms. The third kappa shape index (κ3) is 3.18. The molecule has 2 aromatic carbocycles. The predicted octanol–water partition coefficient (Wildman–Crippen LogP) is 3.55. The Kier molecular flexibility index (Phi) is 4.18. The fourth-order valence-corrected chi connectivity index (χ4v) is 2.83. The molecule has 0 aliphatic rings. The molecule has 3 aromatic rings. The Hall–Kier alpha value is -3.29. The molecule has 1 heterocycles. The average Bonchev–Trinajstić information content (AvgIpc) is 2.97. The molecular weight excluding hydrogens is 320 g/mol. The van der Waals surface area contributed by atoms with Crippen molar-refractivity contribution in [2.45, 2.75) is 27.7 Å². The third-order valence-corrected chi connectivity index (χ3v) is 3.94. The van der Waals surface area contributed by atoms with E-state index in [9.17, 15) is 10.1 Å². The molecule has 0 amide bonds. The summed E-state index contributed by atoms with van der Waals surface area (Å²) in [5, 5.41) is 26.1. The number of anilines is 2.